The van der Waals surface area contributed by atoms with Crippen LogP contribution < -0.4 is 0 Å². The molecule has 1 saturated heterocycles. The molecule has 0 saturated carbocycles. The van der Waals surface area contributed by atoms with Crippen LogP contribution in [0, 0.1) is 17.3 Å². The Hall–Kier alpha value is -0.723. The Bertz CT molecular complexity index is 646. The highest BCUT2D eigenvalue weighted by molar-refractivity contribution is 6.74. The van der Waals surface area contributed by atoms with E-state index in [-0.39, 0.29) is 28.3 Å². The molecule has 0 unspecified atom stereocenters. The van der Waals surface area contributed by atoms with E-state index in [0.29, 0.717) is 18.8 Å². The van der Waals surface area contributed by atoms with Gasteiger partial charge in [0.2, 0.25) is 11.9 Å². The van der Waals surface area contributed by atoms with E-state index >= 15 is 0 Å². The van der Waals surface area contributed by atoms with Crippen LogP contribution in [0.25, 0.3) is 0 Å². The van der Waals surface area contributed by atoms with Gasteiger partial charge in [0, 0.05) is 17.9 Å². The zero-order valence-corrected chi connectivity index (χ0v) is 23.9. The molecule has 6 heteroatoms. The van der Waals surface area contributed by atoms with Gasteiger partial charge in [0.15, 0.2) is 14.1 Å². The van der Waals surface area contributed by atoms with Crippen molar-refractivity contribution >= 4 is 20.1 Å². The van der Waals surface area contributed by atoms with Crippen LogP contribution in [0.4, 0.5) is 0 Å². The summed E-state index contributed by atoms with van der Waals surface area (Å²) in [6.45, 7) is 25.4. The minimum atomic E-state index is -1.93. The normalized spacial score (nSPS) is 25.4. The number of ketones is 1. The summed E-state index contributed by atoms with van der Waals surface area (Å²) in [4.78, 5) is 25.8. The summed E-state index contributed by atoms with van der Waals surface area (Å²) < 4.78 is 18.1. The van der Waals surface area contributed by atoms with Crippen molar-refractivity contribution in [3.05, 3.63) is 0 Å². The molecule has 0 aliphatic carbocycles. The molecule has 1 aliphatic rings. The second kappa shape index (κ2) is 10.7. The third kappa shape index (κ3) is 7.14. The zero-order valence-electron chi connectivity index (χ0n) is 22.9. The van der Waals surface area contributed by atoms with Gasteiger partial charge in [-0.15, -0.1) is 0 Å². The lowest BCUT2D eigenvalue weighted by atomic mass is 9.83. The lowest BCUT2D eigenvalue weighted by Crippen LogP contribution is -2.46. The standard InChI is InChI=1S/C26H50O5Si/c1-13-18(3)17-19(20(14-2)31-32(11,12)25(7,8)9)15-16-21(27)26(10)22(28)29-23(30-26)24(4,5)6/h18-20,23H,13-17H2,1-12H3/t18-,19+,20+,23-,26-/m0/s1. The second-order valence-corrected chi connectivity index (χ2v) is 17.3. The second-order valence-electron chi connectivity index (χ2n) is 12.6. The minimum Gasteiger partial charge on any atom is -0.433 e. The number of hydrogen-bond acceptors (Lipinski definition) is 5. The highest BCUT2D eigenvalue weighted by Gasteiger charge is 2.54. The molecule has 0 bridgehead atoms. The predicted molar refractivity (Wildman–Crippen MR) is 133 cm³/mol. The third-order valence-corrected chi connectivity index (χ3v) is 12.0. The largest absolute Gasteiger partial charge is 0.433 e. The van der Waals surface area contributed by atoms with E-state index in [1.807, 2.05) is 20.8 Å². The summed E-state index contributed by atoms with van der Waals surface area (Å²) in [5.41, 5.74) is -1.89. The maximum Gasteiger partial charge on any atom is 0.348 e. The fourth-order valence-corrected chi connectivity index (χ4v) is 5.26. The summed E-state index contributed by atoms with van der Waals surface area (Å²) in [7, 11) is -1.93. The van der Waals surface area contributed by atoms with E-state index in [2.05, 4.69) is 54.6 Å². The molecule has 0 radical (unpaired) electrons. The Morgan fingerprint density at radius 3 is 2.09 bits per heavy atom. The van der Waals surface area contributed by atoms with E-state index in [1.165, 1.54) is 0 Å². The Balaban J connectivity index is 2.99. The highest BCUT2D eigenvalue weighted by atomic mass is 28.4. The van der Waals surface area contributed by atoms with Gasteiger partial charge >= 0.3 is 5.97 Å². The smallest absolute Gasteiger partial charge is 0.348 e. The molecule has 0 spiro atoms. The van der Waals surface area contributed by atoms with Gasteiger partial charge in [-0.3, -0.25) is 4.79 Å². The number of ether oxygens (including phenoxy) is 2. The van der Waals surface area contributed by atoms with Crippen molar-refractivity contribution in [2.75, 3.05) is 0 Å². The first kappa shape index (κ1) is 29.3. The fourth-order valence-electron chi connectivity index (χ4n) is 3.79. The number of rotatable bonds is 11. The number of esters is 1. The first-order valence-corrected chi connectivity index (χ1v) is 15.4. The van der Waals surface area contributed by atoms with Crippen molar-refractivity contribution in [1.82, 2.24) is 0 Å². The van der Waals surface area contributed by atoms with E-state index in [9.17, 15) is 9.59 Å². The Morgan fingerprint density at radius 2 is 1.69 bits per heavy atom. The molecule has 0 aromatic rings. The van der Waals surface area contributed by atoms with Gasteiger partial charge in [-0.05, 0) is 56.2 Å². The van der Waals surface area contributed by atoms with E-state index in [1.54, 1.807) is 6.92 Å². The van der Waals surface area contributed by atoms with Gasteiger partial charge in [-0.2, -0.15) is 0 Å². The SMILES string of the molecule is CC[C@H](C)C[C@@H](CCC(=O)[C@]1(C)O[C@@H](C(C)(C)C)OC1=O)[C@@H](CC)O[Si](C)(C)C(C)(C)C. The predicted octanol–water partition coefficient (Wildman–Crippen LogP) is 6.89. The maximum atomic E-state index is 13.2. The average molecular weight is 471 g/mol. The van der Waals surface area contributed by atoms with Crippen LogP contribution in [0.5, 0.6) is 0 Å². The number of hydrogen-bond donors (Lipinski definition) is 0. The maximum absolute atomic E-state index is 13.2. The molecule has 0 aromatic carbocycles. The van der Waals surface area contributed by atoms with Crippen LogP contribution in [-0.4, -0.2) is 38.1 Å². The van der Waals surface area contributed by atoms with Crippen molar-refractivity contribution in [2.24, 2.45) is 17.3 Å². The van der Waals surface area contributed by atoms with Crippen molar-refractivity contribution in [3.63, 3.8) is 0 Å². The summed E-state index contributed by atoms with van der Waals surface area (Å²) in [5.74, 6) is 0.0734. The lowest BCUT2D eigenvalue weighted by molar-refractivity contribution is -0.160. The molecule has 32 heavy (non-hydrogen) atoms. The van der Waals surface area contributed by atoms with Crippen molar-refractivity contribution < 1.29 is 23.5 Å². The molecule has 0 N–H and O–H groups in total. The van der Waals surface area contributed by atoms with Gasteiger partial charge in [0.1, 0.15) is 0 Å². The Morgan fingerprint density at radius 1 is 1.12 bits per heavy atom. The summed E-state index contributed by atoms with van der Waals surface area (Å²) in [6.07, 6.45) is 3.44. The fraction of sp³-hybridized carbons (Fsp3) is 0.923. The topological polar surface area (TPSA) is 61.8 Å². The highest BCUT2D eigenvalue weighted by Crippen LogP contribution is 2.41. The van der Waals surface area contributed by atoms with Crippen LogP contribution in [0.3, 0.4) is 0 Å². The quantitative estimate of drug-likeness (QED) is 0.187. The van der Waals surface area contributed by atoms with Crippen molar-refractivity contribution in [3.8, 4) is 0 Å². The lowest BCUT2D eigenvalue weighted by Gasteiger charge is -2.42. The van der Waals surface area contributed by atoms with Gasteiger partial charge in [-0.1, -0.05) is 68.7 Å². The average Bonchev–Trinajstić information content (AvgIpc) is 2.98. The van der Waals surface area contributed by atoms with E-state index in [4.69, 9.17) is 13.9 Å². The first-order valence-electron chi connectivity index (χ1n) is 12.5. The molecule has 1 aliphatic heterocycles. The zero-order chi connectivity index (χ0) is 25.1. The van der Waals surface area contributed by atoms with Gasteiger partial charge in [0.05, 0.1) is 0 Å². The molecule has 1 fully saturated rings. The summed E-state index contributed by atoms with van der Waals surface area (Å²) in [5, 5.41) is 0.133. The molecule has 0 amide bonds. The van der Waals surface area contributed by atoms with Crippen LogP contribution in [-0.2, 0) is 23.5 Å². The molecular weight excluding hydrogens is 420 g/mol. The molecule has 1 rings (SSSR count). The monoisotopic (exact) mass is 470 g/mol. The molecule has 5 atom stereocenters. The number of Topliss-reactive ketones (excluding diaryl/α,β-unsaturated/α-hetero) is 1. The van der Waals surface area contributed by atoms with Crippen molar-refractivity contribution in [2.45, 2.75) is 137 Å². The van der Waals surface area contributed by atoms with E-state index in [0.717, 1.165) is 19.3 Å². The van der Waals surface area contributed by atoms with Gasteiger partial charge in [-0.25, -0.2) is 4.79 Å². The van der Waals surface area contributed by atoms with Crippen LogP contribution in [0.15, 0.2) is 0 Å². The van der Waals surface area contributed by atoms with E-state index < -0.39 is 26.2 Å². The van der Waals surface area contributed by atoms with Gasteiger partial charge < -0.3 is 13.9 Å². The molecule has 0 aromatic heterocycles. The van der Waals surface area contributed by atoms with Crippen LogP contribution in [0.2, 0.25) is 18.1 Å². The number of carbonyl (C=O) groups excluding carboxylic acids is 2. The summed E-state index contributed by atoms with van der Waals surface area (Å²) in [6, 6.07) is 0. The first-order chi connectivity index (χ1) is 14.4. The minimum absolute atomic E-state index is 0.115. The molecule has 188 valence electrons. The Labute approximate surface area is 198 Å². The van der Waals surface area contributed by atoms with Crippen LogP contribution in [0.1, 0.15) is 101 Å². The van der Waals surface area contributed by atoms with Crippen LogP contribution >= 0.6 is 0 Å². The van der Waals surface area contributed by atoms with Crippen molar-refractivity contribution in [1.29, 1.82) is 0 Å². The third-order valence-electron chi connectivity index (χ3n) is 7.51. The molecule has 1 heterocycles. The Kier molecular flexibility index (Phi) is 9.79. The number of cyclic esters (lactones) is 1. The summed E-state index contributed by atoms with van der Waals surface area (Å²) >= 11 is 0. The van der Waals surface area contributed by atoms with Gasteiger partial charge in [0.25, 0.3) is 0 Å². The molecular formula is C26H50O5Si. The number of carbonyl (C=O) groups is 2. The molecule has 5 nitrogen and oxygen atoms in total.